The van der Waals surface area contributed by atoms with Crippen LogP contribution in [0, 0.1) is 10.1 Å². The highest BCUT2D eigenvalue weighted by molar-refractivity contribution is 6.30. The van der Waals surface area contributed by atoms with Gasteiger partial charge in [0.05, 0.1) is 38.2 Å². The zero-order valence-corrected chi connectivity index (χ0v) is 15.9. The molecule has 0 saturated carbocycles. The molecule has 1 saturated heterocycles. The highest BCUT2D eigenvalue weighted by atomic mass is 35.5. The van der Waals surface area contributed by atoms with Gasteiger partial charge in [0.25, 0.3) is 5.69 Å². The van der Waals surface area contributed by atoms with Crippen molar-refractivity contribution >= 4 is 23.0 Å². The molecule has 7 nitrogen and oxygen atoms in total. The van der Waals surface area contributed by atoms with Crippen molar-refractivity contribution in [3.63, 3.8) is 0 Å². The lowest BCUT2D eigenvalue weighted by molar-refractivity contribution is -0.900. The second kappa shape index (κ2) is 8.92. The number of rotatable bonds is 7. The molecule has 3 rings (SSSR count). The number of ether oxygens (including phenoxy) is 2. The zero-order chi connectivity index (χ0) is 19.2. The van der Waals surface area contributed by atoms with E-state index in [4.69, 9.17) is 21.1 Å². The number of nitro benzene ring substituents is 1. The first-order valence-electron chi connectivity index (χ1n) is 8.86. The molecular weight excluding hydrogens is 370 g/mol. The summed E-state index contributed by atoms with van der Waals surface area (Å²) in [6, 6.07) is 12.4. The molecular formula is C19H23ClN3O4+. The van der Waals surface area contributed by atoms with Crippen LogP contribution in [0.1, 0.15) is 0 Å². The lowest BCUT2D eigenvalue weighted by Crippen LogP contribution is -3.15. The summed E-state index contributed by atoms with van der Waals surface area (Å²) in [5, 5.41) is 11.7. The minimum Gasteiger partial charge on any atom is -0.497 e. The summed E-state index contributed by atoms with van der Waals surface area (Å²) < 4.78 is 10.9. The van der Waals surface area contributed by atoms with Crippen LogP contribution in [0.3, 0.4) is 0 Å². The van der Waals surface area contributed by atoms with Gasteiger partial charge in [-0.25, -0.2) is 0 Å². The fourth-order valence-electron chi connectivity index (χ4n) is 3.21. The van der Waals surface area contributed by atoms with Crippen molar-refractivity contribution in [3.05, 3.63) is 57.6 Å². The smallest absolute Gasteiger partial charge is 0.294 e. The molecule has 0 spiro atoms. The van der Waals surface area contributed by atoms with E-state index in [1.54, 1.807) is 19.2 Å². The van der Waals surface area contributed by atoms with Gasteiger partial charge in [-0.2, -0.15) is 0 Å². The fraction of sp³-hybridized carbons (Fsp3) is 0.368. The number of hydrogen-bond acceptors (Lipinski definition) is 5. The normalized spacial score (nSPS) is 14.8. The van der Waals surface area contributed by atoms with Crippen molar-refractivity contribution in [1.29, 1.82) is 0 Å². The van der Waals surface area contributed by atoms with Crippen molar-refractivity contribution in [1.82, 2.24) is 0 Å². The molecule has 0 bridgehead atoms. The summed E-state index contributed by atoms with van der Waals surface area (Å²) in [5.41, 5.74) is 0.701. The molecule has 1 heterocycles. The third-order valence-corrected chi connectivity index (χ3v) is 4.96. The number of nitrogens with one attached hydrogen (secondary N) is 1. The van der Waals surface area contributed by atoms with E-state index >= 15 is 0 Å². The van der Waals surface area contributed by atoms with Gasteiger partial charge in [-0.05, 0) is 36.4 Å². The number of halogens is 1. The summed E-state index contributed by atoms with van der Waals surface area (Å²) in [6.07, 6.45) is 0. The topological polar surface area (TPSA) is 69.3 Å². The third-order valence-electron chi connectivity index (χ3n) is 4.73. The molecule has 1 aliphatic rings. The SMILES string of the molecule is COc1ccc(OCC[NH+]2CCN(c3ccc(Cl)cc3[N+](=O)[O-])CC2)cc1. The Kier molecular flexibility index (Phi) is 6.36. The second-order valence-corrected chi connectivity index (χ2v) is 6.84. The lowest BCUT2D eigenvalue weighted by Gasteiger charge is -2.33. The van der Waals surface area contributed by atoms with E-state index in [1.165, 1.54) is 11.0 Å². The van der Waals surface area contributed by atoms with Gasteiger partial charge in [0.15, 0.2) is 0 Å². The minimum absolute atomic E-state index is 0.0637. The number of piperazine rings is 1. The molecule has 0 amide bonds. The number of methoxy groups -OCH3 is 1. The minimum atomic E-state index is -0.372. The fourth-order valence-corrected chi connectivity index (χ4v) is 3.38. The number of benzene rings is 2. The van der Waals surface area contributed by atoms with Crippen LogP contribution in [0.4, 0.5) is 11.4 Å². The molecule has 2 aromatic rings. The van der Waals surface area contributed by atoms with Gasteiger partial charge in [0.1, 0.15) is 30.3 Å². The van der Waals surface area contributed by atoms with Gasteiger partial charge >= 0.3 is 0 Å². The molecule has 0 atom stereocenters. The lowest BCUT2D eigenvalue weighted by atomic mass is 10.2. The number of hydrogen-bond donors (Lipinski definition) is 1. The van der Waals surface area contributed by atoms with E-state index in [1.807, 2.05) is 24.3 Å². The Morgan fingerprint density at radius 1 is 1.15 bits per heavy atom. The standard InChI is InChI=1S/C19H22ClN3O4/c1-26-16-3-5-17(6-4-16)27-13-12-21-8-10-22(11-9-21)18-7-2-15(20)14-19(18)23(24)25/h2-7,14H,8-13H2,1H3/p+1. The van der Waals surface area contributed by atoms with Crippen LogP contribution in [0.5, 0.6) is 11.5 Å². The molecule has 2 aromatic carbocycles. The van der Waals surface area contributed by atoms with Gasteiger partial charge in [0, 0.05) is 11.1 Å². The van der Waals surface area contributed by atoms with Crippen LogP contribution in [0.15, 0.2) is 42.5 Å². The molecule has 8 heteroatoms. The number of nitrogens with zero attached hydrogens (tertiary/aromatic N) is 2. The van der Waals surface area contributed by atoms with Crippen molar-refractivity contribution in [2.75, 3.05) is 51.3 Å². The summed E-state index contributed by atoms with van der Waals surface area (Å²) in [7, 11) is 1.64. The van der Waals surface area contributed by atoms with E-state index in [2.05, 4.69) is 4.90 Å². The molecule has 144 valence electrons. The molecule has 27 heavy (non-hydrogen) atoms. The Morgan fingerprint density at radius 3 is 2.44 bits per heavy atom. The predicted octanol–water partition coefficient (Wildman–Crippen LogP) is 2.04. The van der Waals surface area contributed by atoms with E-state index in [-0.39, 0.29) is 10.6 Å². The Bertz CT molecular complexity index is 777. The molecule has 0 unspecified atom stereocenters. The van der Waals surface area contributed by atoms with Crippen molar-refractivity contribution in [3.8, 4) is 11.5 Å². The van der Waals surface area contributed by atoms with Crippen LogP contribution in [0.25, 0.3) is 0 Å². The molecule has 0 radical (unpaired) electrons. The van der Waals surface area contributed by atoms with E-state index in [0.717, 1.165) is 44.2 Å². The maximum absolute atomic E-state index is 11.3. The number of quaternary nitrogens is 1. The molecule has 0 aliphatic carbocycles. The Hall–Kier alpha value is -2.51. The largest absolute Gasteiger partial charge is 0.497 e. The summed E-state index contributed by atoms with van der Waals surface area (Å²) in [4.78, 5) is 14.4. The molecule has 1 fully saturated rings. The monoisotopic (exact) mass is 392 g/mol. The highest BCUT2D eigenvalue weighted by Gasteiger charge is 2.25. The zero-order valence-electron chi connectivity index (χ0n) is 15.2. The van der Waals surface area contributed by atoms with Gasteiger partial charge in [-0.3, -0.25) is 10.1 Å². The molecule has 1 aliphatic heterocycles. The van der Waals surface area contributed by atoms with Crippen molar-refractivity contribution in [2.45, 2.75) is 0 Å². The molecule has 1 N–H and O–H groups in total. The maximum Gasteiger partial charge on any atom is 0.294 e. The second-order valence-electron chi connectivity index (χ2n) is 6.40. The third kappa shape index (κ3) is 5.02. The maximum atomic E-state index is 11.3. The van der Waals surface area contributed by atoms with Crippen molar-refractivity contribution in [2.24, 2.45) is 0 Å². The van der Waals surface area contributed by atoms with E-state index in [9.17, 15) is 10.1 Å². The Balaban J connectivity index is 1.48. The van der Waals surface area contributed by atoms with Crippen LogP contribution in [0.2, 0.25) is 5.02 Å². The summed E-state index contributed by atoms with van der Waals surface area (Å²) in [6.45, 7) is 4.86. The van der Waals surface area contributed by atoms with Crippen LogP contribution in [-0.2, 0) is 0 Å². The number of anilines is 1. The van der Waals surface area contributed by atoms with Gasteiger partial charge in [-0.1, -0.05) is 11.6 Å². The summed E-state index contributed by atoms with van der Waals surface area (Å²) in [5.74, 6) is 1.63. The Labute approximate surface area is 163 Å². The first kappa shape index (κ1) is 19.3. The Morgan fingerprint density at radius 2 is 1.81 bits per heavy atom. The molecule has 0 aromatic heterocycles. The quantitative estimate of drug-likeness (QED) is 0.577. The predicted molar refractivity (Wildman–Crippen MR) is 104 cm³/mol. The summed E-state index contributed by atoms with van der Waals surface area (Å²) >= 11 is 5.90. The first-order valence-corrected chi connectivity index (χ1v) is 9.24. The van der Waals surface area contributed by atoms with Crippen molar-refractivity contribution < 1.29 is 19.3 Å². The van der Waals surface area contributed by atoms with Crippen LogP contribution in [-0.4, -0.2) is 51.4 Å². The van der Waals surface area contributed by atoms with E-state index in [0.29, 0.717) is 17.3 Å². The van der Waals surface area contributed by atoms with Gasteiger partial charge in [-0.15, -0.1) is 0 Å². The van der Waals surface area contributed by atoms with Gasteiger partial charge in [0.2, 0.25) is 0 Å². The first-order chi connectivity index (χ1) is 13.1. The van der Waals surface area contributed by atoms with Crippen LogP contribution >= 0.6 is 11.6 Å². The van der Waals surface area contributed by atoms with E-state index < -0.39 is 0 Å². The van der Waals surface area contributed by atoms with Gasteiger partial charge < -0.3 is 19.3 Å². The average Bonchev–Trinajstić information content (AvgIpc) is 2.69. The average molecular weight is 393 g/mol. The number of nitro groups is 1. The van der Waals surface area contributed by atoms with Crippen LogP contribution < -0.4 is 19.3 Å². The highest BCUT2D eigenvalue weighted by Crippen LogP contribution is 2.30.